The molecular formula is C18H16O2. The molecule has 0 unspecified atom stereocenters. The molecule has 2 aromatic rings. The fourth-order valence-corrected chi connectivity index (χ4v) is 1.76. The first-order chi connectivity index (χ1) is 9.47. The van der Waals surface area contributed by atoms with E-state index < -0.39 is 5.60 Å². The summed E-state index contributed by atoms with van der Waals surface area (Å²) < 4.78 is 0. The average Bonchev–Trinajstić information content (AvgIpc) is 2.45. The summed E-state index contributed by atoms with van der Waals surface area (Å²) >= 11 is 0. The van der Waals surface area contributed by atoms with Crippen LogP contribution in [0.2, 0.25) is 0 Å². The molecule has 0 atom stereocenters. The van der Waals surface area contributed by atoms with Gasteiger partial charge >= 0.3 is 0 Å². The molecule has 0 fully saturated rings. The topological polar surface area (TPSA) is 37.3 Å². The highest BCUT2D eigenvalue weighted by molar-refractivity contribution is 6.10. The van der Waals surface area contributed by atoms with Crippen molar-refractivity contribution in [2.75, 3.05) is 0 Å². The van der Waals surface area contributed by atoms with Crippen molar-refractivity contribution in [3.63, 3.8) is 0 Å². The van der Waals surface area contributed by atoms with Crippen LogP contribution >= 0.6 is 0 Å². The summed E-state index contributed by atoms with van der Waals surface area (Å²) in [7, 11) is 0. The van der Waals surface area contributed by atoms with E-state index in [-0.39, 0.29) is 5.78 Å². The van der Waals surface area contributed by atoms with Crippen molar-refractivity contribution in [2.45, 2.75) is 19.4 Å². The lowest BCUT2D eigenvalue weighted by atomic mass is 9.98. The second-order valence-electron chi connectivity index (χ2n) is 5.05. The number of benzene rings is 2. The minimum absolute atomic E-state index is 0.0637. The lowest BCUT2D eigenvalue weighted by Gasteiger charge is -2.07. The Bertz CT molecular complexity index is 668. The summed E-state index contributed by atoms with van der Waals surface area (Å²) in [6.45, 7) is 3.23. The van der Waals surface area contributed by atoms with Gasteiger partial charge in [0.15, 0.2) is 5.78 Å². The van der Waals surface area contributed by atoms with Gasteiger partial charge in [0.1, 0.15) is 5.60 Å². The maximum Gasteiger partial charge on any atom is 0.194 e. The van der Waals surface area contributed by atoms with Gasteiger partial charge in [-0.2, -0.15) is 0 Å². The van der Waals surface area contributed by atoms with Crippen molar-refractivity contribution >= 4 is 5.78 Å². The summed E-state index contributed by atoms with van der Waals surface area (Å²) in [4.78, 5) is 12.5. The van der Waals surface area contributed by atoms with E-state index in [2.05, 4.69) is 11.8 Å². The molecular weight excluding hydrogens is 248 g/mol. The van der Waals surface area contributed by atoms with Gasteiger partial charge in [0.2, 0.25) is 0 Å². The molecule has 2 nitrogen and oxygen atoms in total. The highest BCUT2D eigenvalue weighted by atomic mass is 16.3. The van der Waals surface area contributed by atoms with Crippen LogP contribution in [0.25, 0.3) is 0 Å². The van der Waals surface area contributed by atoms with E-state index in [4.69, 9.17) is 0 Å². The lowest BCUT2D eigenvalue weighted by molar-refractivity contribution is 0.103. The van der Waals surface area contributed by atoms with Crippen molar-refractivity contribution < 1.29 is 9.90 Å². The van der Waals surface area contributed by atoms with Crippen molar-refractivity contribution in [1.29, 1.82) is 0 Å². The number of hydrogen-bond donors (Lipinski definition) is 1. The van der Waals surface area contributed by atoms with Crippen LogP contribution < -0.4 is 0 Å². The van der Waals surface area contributed by atoms with Crippen LogP contribution in [-0.4, -0.2) is 16.5 Å². The average molecular weight is 264 g/mol. The normalized spacial score (nSPS) is 10.6. The third kappa shape index (κ3) is 3.57. The molecule has 0 aliphatic rings. The SMILES string of the molecule is CC(C)(O)C#Cc1ccccc1C(=O)c1ccccc1. The third-order valence-corrected chi connectivity index (χ3v) is 2.71. The summed E-state index contributed by atoms with van der Waals surface area (Å²) in [6.07, 6.45) is 0. The zero-order valence-electron chi connectivity index (χ0n) is 11.6. The summed E-state index contributed by atoms with van der Waals surface area (Å²) in [5, 5.41) is 9.67. The minimum Gasteiger partial charge on any atom is -0.378 e. The third-order valence-electron chi connectivity index (χ3n) is 2.71. The monoisotopic (exact) mass is 264 g/mol. The number of hydrogen-bond acceptors (Lipinski definition) is 2. The first-order valence-electron chi connectivity index (χ1n) is 6.42. The molecule has 0 saturated carbocycles. The Hall–Kier alpha value is -2.37. The maximum absolute atomic E-state index is 12.5. The van der Waals surface area contributed by atoms with Gasteiger partial charge in [-0.15, -0.1) is 0 Å². The van der Waals surface area contributed by atoms with Crippen molar-refractivity contribution in [2.24, 2.45) is 0 Å². The molecule has 0 bridgehead atoms. The minimum atomic E-state index is -1.08. The van der Waals surface area contributed by atoms with Crippen LogP contribution in [0.5, 0.6) is 0 Å². The van der Waals surface area contributed by atoms with Gasteiger partial charge in [0.05, 0.1) is 0 Å². The number of aliphatic hydroxyl groups is 1. The smallest absolute Gasteiger partial charge is 0.194 e. The molecule has 0 saturated heterocycles. The Morgan fingerprint density at radius 3 is 2.25 bits per heavy atom. The standard InChI is InChI=1S/C18H16O2/c1-18(2,20)13-12-14-8-6-7-11-16(14)17(19)15-9-4-3-5-10-15/h3-11,20H,1-2H3. The van der Waals surface area contributed by atoms with Gasteiger partial charge in [-0.05, 0) is 26.0 Å². The Balaban J connectivity index is 2.43. The quantitative estimate of drug-likeness (QED) is 0.668. The van der Waals surface area contributed by atoms with Gasteiger partial charge in [-0.25, -0.2) is 0 Å². The predicted octanol–water partition coefficient (Wildman–Crippen LogP) is 3.04. The zero-order chi connectivity index (χ0) is 14.6. The molecule has 0 aromatic heterocycles. The Morgan fingerprint density at radius 2 is 1.60 bits per heavy atom. The molecule has 0 spiro atoms. The van der Waals surface area contributed by atoms with E-state index in [1.165, 1.54) is 0 Å². The number of rotatable bonds is 2. The lowest BCUT2D eigenvalue weighted by Crippen LogP contribution is -2.14. The molecule has 0 aliphatic carbocycles. The summed E-state index contributed by atoms with van der Waals surface area (Å²) in [6, 6.07) is 16.3. The van der Waals surface area contributed by atoms with Gasteiger partial charge in [0, 0.05) is 16.7 Å². The predicted molar refractivity (Wildman–Crippen MR) is 79.5 cm³/mol. The second kappa shape index (κ2) is 5.73. The highest BCUT2D eigenvalue weighted by Crippen LogP contribution is 2.14. The molecule has 20 heavy (non-hydrogen) atoms. The highest BCUT2D eigenvalue weighted by Gasteiger charge is 2.12. The second-order valence-corrected chi connectivity index (χ2v) is 5.05. The van der Waals surface area contributed by atoms with E-state index >= 15 is 0 Å². The summed E-state index contributed by atoms with van der Waals surface area (Å²) in [5.41, 5.74) is 0.729. The maximum atomic E-state index is 12.5. The molecule has 2 heteroatoms. The van der Waals surface area contributed by atoms with Crippen molar-refractivity contribution in [3.05, 3.63) is 71.3 Å². The Labute approximate surface area is 119 Å². The van der Waals surface area contributed by atoms with Crippen LogP contribution in [0.4, 0.5) is 0 Å². The van der Waals surface area contributed by atoms with Crippen LogP contribution in [0.1, 0.15) is 35.3 Å². The molecule has 100 valence electrons. The van der Waals surface area contributed by atoms with Gasteiger partial charge in [0.25, 0.3) is 0 Å². The van der Waals surface area contributed by atoms with Crippen molar-refractivity contribution in [3.8, 4) is 11.8 Å². The molecule has 2 aromatic carbocycles. The number of carbonyl (C=O) groups is 1. The summed E-state index contributed by atoms with van der Waals surface area (Å²) in [5.74, 6) is 5.56. The van der Waals surface area contributed by atoms with E-state index in [1.807, 2.05) is 30.3 Å². The fraction of sp³-hybridized carbons (Fsp3) is 0.167. The molecule has 0 aliphatic heterocycles. The van der Waals surface area contributed by atoms with Crippen molar-refractivity contribution in [1.82, 2.24) is 0 Å². The first-order valence-corrected chi connectivity index (χ1v) is 6.42. The van der Waals surface area contributed by atoms with Crippen LogP contribution in [-0.2, 0) is 0 Å². The molecule has 0 radical (unpaired) electrons. The van der Waals surface area contributed by atoms with Gasteiger partial charge in [-0.3, -0.25) is 4.79 Å². The van der Waals surface area contributed by atoms with E-state index in [0.29, 0.717) is 16.7 Å². The Kier molecular flexibility index (Phi) is 4.02. The number of carbonyl (C=O) groups excluding carboxylic acids is 1. The molecule has 1 N–H and O–H groups in total. The van der Waals surface area contributed by atoms with Crippen LogP contribution in [0, 0.1) is 11.8 Å². The van der Waals surface area contributed by atoms with Crippen LogP contribution in [0.3, 0.4) is 0 Å². The Morgan fingerprint density at radius 1 is 1.00 bits per heavy atom. The van der Waals surface area contributed by atoms with Gasteiger partial charge in [-0.1, -0.05) is 54.3 Å². The van der Waals surface area contributed by atoms with Crippen LogP contribution in [0.15, 0.2) is 54.6 Å². The van der Waals surface area contributed by atoms with Gasteiger partial charge < -0.3 is 5.11 Å². The van der Waals surface area contributed by atoms with E-state index in [1.54, 1.807) is 38.1 Å². The first kappa shape index (κ1) is 14.0. The molecule has 0 amide bonds. The molecule has 0 heterocycles. The van der Waals surface area contributed by atoms with E-state index in [9.17, 15) is 9.90 Å². The fourth-order valence-electron chi connectivity index (χ4n) is 1.76. The largest absolute Gasteiger partial charge is 0.378 e. The zero-order valence-corrected chi connectivity index (χ0v) is 11.6. The van der Waals surface area contributed by atoms with E-state index in [0.717, 1.165) is 0 Å². The molecule has 2 rings (SSSR count). The number of ketones is 1.